The number of ether oxygens (including phenoxy) is 1. The number of hydrogen-bond donors (Lipinski definition) is 1. The third-order valence-electron chi connectivity index (χ3n) is 4.58. The van der Waals surface area contributed by atoms with Crippen LogP contribution in [-0.4, -0.2) is 47.8 Å². The van der Waals surface area contributed by atoms with Gasteiger partial charge in [0.2, 0.25) is 0 Å². The Morgan fingerprint density at radius 3 is 2.68 bits per heavy atom. The number of piperidine rings is 1. The van der Waals surface area contributed by atoms with E-state index in [-0.39, 0.29) is 12.1 Å². The smallest absolute Gasteiger partial charge is 0.320 e. The molecule has 2 rings (SSSR count). The zero-order valence-corrected chi connectivity index (χ0v) is 12.0. The molecule has 1 heterocycles. The molecule has 19 heavy (non-hydrogen) atoms. The van der Waals surface area contributed by atoms with Crippen molar-refractivity contribution in [3.63, 3.8) is 0 Å². The molecule has 0 amide bonds. The Balaban J connectivity index is 1.96. The minimum atomic E-state index is -0.179. The first-order valence-corrected chi connectivity index (χ1v) is 7.80. The highest BCUT2D eigenvalue weighted by Crippen LogP contribution is 2.33. The normalized spacial score (nSPS) is 33.1. The molecule has 2 fully saturated rings. The van der Waals surface area contributed by atoms with Gasteiger partial charge in [-0.1, -0.05) is 19.3 Å². The molecule has 1 aliphatic heterocycles. The lowest BCUT2D eigenvalue weighted by atomic mass is 9.78. The minimum absolute atomic E-state index is 0.125. The standard InChI is InChI=1S/C15H27NO3/c1-2-19-15(18)11-16-10-6-5-8-13(16)12-7-3-4-9-14(12)17/h12-14,17H,2-11H2,1H3. The lowest BCUT2D eigenvalue weighted by molar-refractivity contribution is -0.146. The van der Waals surface area contributed by atoms with Gasteiger partial charge in [0, 0.05) is 12.0 Å². The Bertz CT molecular complexity index is 295. The third-order valence-corrected chi connectivity index (χ3v) is 4.58. The van der Waals surface area contributed by atoms with E-state index in [0.717, 1.165) is 38.6 Å². The number of carbonyl (C=O) groups is 1. The van der Waals surface area contributed by atoms with Gasteiger partial charge in [-0.25, -0.2) is 0 Å². The van der Waals surface area contributed by atoms with E-state index in [4.69, 9.17) is 4.74 Å². The van der Waals surface area contributed by atoms with Crippen LogP contribution in [0.25, 0.3) is 0 Å². The molecule has 0 spiro atoms. The molecule has 3 unspecified atom stereocenters. The Kier molecular flexibility index (Phi) is 5.64. The first-order valence-electron chi connectivity index (χ1n) is 7.80. The largest absolute Gasteiger partial charge is 0.465 e. The van der Waals surface area contributed by atoms with Crippen LogP contribution in [0.4, 0.5) is 0 Å². The van der Waals surface area contributed by atoms with Crippen LogP contribution >= 0.6 is 0 Å². The van der Waals surface area contributed by atoms with Gasteiger partial charge in [-0.3, -0.25) is 9.69 Å². The number of hydrogen-bond acceptors (Lipinski definition) is 4. The van der Waals surface area contributed by atoms with Crippen molar-refractivity contribution < 1.29 is 14.6 Å². The maximum atomic E-state index is 11.7. The zero-order valence-electron chi connectivity index (χ0n) is 12.0. The van der Waals surface area contributed by atoms with Crippen LogP contribution in [0.15, 0.2) is 0 Å². The van der Waals surface area contributed by atoms with Gasteiger partial charge in [0.05, 0.1) is 19.3 Å². The quantitative estimate of drug-likeness (QED) is 0.793. The first kappa shape index (κ1) is 14.8. The average molecular weight is 269 g/mol. The number of aliphatic hydroxyl groups excluding tert-OH is 1. The molecule has 3 atom stereocenters. The van der Waals surface area contributed by atoms with Crippen molar-refractivity contribution in [2.75, 3.05) is 19.7 Å². The van der Waals surface area contributed by atoms with Crippen LogP contribution in [0.3, 0.4) is 0 Å². The van der Waals surface area contributed by atoms with E-state index < -0.39 is 0 Å². The molecule has 0 aromatic rings. The summed E-state index contributed by atoms with van der Waals surface area (Å²) in [5.41, 5.74) is 0. The van der Waals surface area contributed by atoms with Gasteiger partial charge >= 0.3 is 5.97 Å². The van der Waals surface area contributed by atoms with Crippen LogP contribution in [0.2, 0.25) is 0 Å². The van der Waals surface area contributed by atoms with E-state index in [1.807, 2.05) is 6.92 Å². The van der Waals surface area contributed by atoms with Gasteiger partial charge < -0.3 is 9.84 Å². The molecule has 1 N–H and O–H groups in total. The molecule has 1 saturated heterocycles. The van der Waals surface area contributed by atoms with E-state index in [1.165, 1.54) is 12.8 Å². The summed E-state index contributed by atoms with van der Waals surface area (Å²) in [6.45, 7) is 3.65. The Morgan fingerprint density at radius 2 is 1.95 bits per heavy atom. The number of nitrogens with zero attached hydrogens (tertiary/aromatic N) is 1. The lowest BCUT2D eigenvalue weighted by Crippen LogP contribution is -2.50. The fourth-order valence-corrected chi connectivity index (χ4v) is 3.66. The van der Waals surface area contributed by atoms with Crippen molar-refractivity contribution in [3.8, 4) is 0 Å². The summed E-state index contributed by atoms with van der Waals surface area (Å²) in [6, 6.07) is 0.369. The maximum Gasteiger partial charge on any atom is 0.320 e. The predicted octanol–water partition coefficient (Wildman–Crippen LogP) is 1.96. The molecule has 1 saturated carbocycles. The van der Waals surface area contributed by atoms with E-state index in [0.29, 0.717) is 25.1 Å². The molecular weight excluding hydrogens is 242 g/mol. The number of carbonyl (C=O) groups excluding carboxylic acids is 1. The van der Waals surface area contributed by atoms with Gasteiger partial charge in [0.1, 0.15) is 0 Å². The Labute approximate surface area is 116 Å². The van der Waals surface area contributed by atoms with Gasteiger partial charge in [0.15, 0.2) is 0 Å². The first-order chi connectivity index (χ1) is 9.22. The summed E-state index contributed by atoms with van der Waals surface area (Å²) in [4.78, 5) is 13.9. The van der Waals surface area contributed by atoms with Crippen LogP contribution in [-0.2, 0) is 9.53 Å². The summed E-state index contributed by atoms with van der Waals surface area (Å²) in [5.74, 6) is 0.225. The van der Waals surface area contributed by atoms with Crippen molar-refractivity contribution >= 4 is 5.97 Å². The van der Waals surface area contributed by atoms with Crippen LogP contribution in [0.5, 0.6) is 0 Å². The van der Waals surface area contributed by atoms with Crippen LogP contribution in [0.1, 0.15) is 51.9 Å². The minimum Gasteiger partial charge on any atom is -0.465 e. The summed E-state index contributed by atoms with van der Waals surface area (Å²) >= 11 is 0. The molecule has 0 radical (unpaired) electrons. The van der Waals surface area contributed by atoms with Crippen molar-refractivity contribution in [2.24, 2.45) is 5.92 Å². The SMILES string of the molecule is CCOC(=O)CN1CCCCC1C1CCCCC1O. The zero-order chi connectivity index (χ0) is 13.7. The second kappa shape index (κ2) is 7.25. The highest BCUT2D eigenvalue weighted by atomic mass is 16.5. The maximum absolute atomic E-state index is 11.7. The molecule has 110 valence electrons. The van der Waals surface area contributed by atoms with Gasteiger partial charge in [0.25, 0.3) is 0 Å². The number of aliphatic hydroxyl groups is 1. The van der Waals surface area contributed by atoms with Crippen molar-refractivity contribution in [2.45, 2.75) is 64.0 Å². The van der Waals surface area contributed by atoms with E-state index >= 15 is 0 Å². The summed E-state index contributed by atoms with van der Waals surface area (Å²) in [6.07, 6.45) is 7.68. The van der Waals surface area contributed by atoms with Crippen LogP contribution in [0, 0.1) is 5.92 Å². The van der Waals surface area contributed by atoms with Crippen molar-refractivity contribution in [3.05, 3.63) is 0 Å². The van der Waals surface area contributed by atoms with Gasteiger partial charge in [-0.15, -0.1) is 0 Å². The topological polar surface area (TPSA) is 49.8 Å². The monoisotopic (exact) mass is 269 g/mol. The second-order valence-corrected chi connectivity index (χ2v) is 5.85. The summed E-state index contributed by atoms with van der Waals surface area (Å²) in [7, 11) is 0. The summed E-state index contributed by atoms with van der Waals surface area (Å²) in [5, 5.41) is 10.2. The van der Waals surface area contributed by atoms with Crippen molar-refractivity contribution in [1.29, 1.82) is 0 Å². The highest BCUT2D eigenvalue weighted by Gasteiger charge is 2.36. The fourth-order valence-electron chi connectivity index (χ4n) is 3.66. The predicted molar refractivity (Wildman–Crippen MR) is 73.8 cm³/mol. The van der Waals surface area contributed by atoms with Gasteiger partial charge in [-0.2, -0.15) is 0 Å². The molecule has 1 aliphatic carbocycles. The van der Waals surface area contributed by atoms with Crippen molar-refractivity contribution in [1.82, 2.24) is 4.90 Å². The Morgan fingerprint density at radius 1 is 1.21 bits per heavy atom. The third kappa shape index (κ3) is 3.93. The van der Waals surface area contributed by atoms with E-state index in [1.54, 1.807) is 0 Å². The molecule has 0 bridgehead atoms. The number of rotatable bonds is 4. The molecule has 4 heteroatoms. The van der Waals surface area contributed by atoms with Gasteiger partial charge in [-0.05, 0) is 39.2 Å². The van der Waals surface area contributed by atoms with Crippen LogP contribution < -0.4 is 0 Å². The molecule has 0 aromatic carbocycles. The summed E-state index contributed by atoms with van der Waals surface area (Å²) < 4.78 is 5.06. The molecule has 0 aromatic heterocycles. The van der Waals surface area contributed by atoms with E-state index in [9.17, 15) is 9.90 Å². The second-order valence-electron chi connectivity index (χ2n) is 5.85. The molecule has 2 aliphatic rings. The number of likely N-dealkylation sites (tertiary alicyclic amines) is 1. The highest BCUT2D eigenvalue weighted by molar-refractivity contribution is 5.71. The Hall–Kier alpha value is -0.610. The average Bonchev–Trinajstić information content (AvgIpc) is 2.40. The molecule has 4 nitrogen and oxygen atoms in total. The lowest BCUT2D eigenvalue weighted by Gasteiger charge is -2.43. The fraction of sp³-hybridized carbons (Fsp3) is 0.933. The number of esters is 1. The van der Waals surface area contributed by atoms with E-state index in [2.05, 4.69) is 4.90 Å². The molecular formula is C15H27NO3.